The summed E-state index contributed by atoms with van der Waals surface area (Å²) in [5.74, 6) is 0.700. The second-order valence-electron chi connectivity index (χ2n) is 5.37. The molecule has 0 radical (unpaired) electrons. The zero-order chi connectivity index (χ0) is 14.3. The van der Waals surface area contributed by atoms with Crippen LogP contribution in [0.15, 0.2) is 18.2 Å². The second kappa shape index (κ2) is 7.95. The fourth-order valence-corrected chi connectivity index (χ4v) is 1.98. The largest absolute Gasteiger partial charge is 0.324 e. The molecular formula is C16H26N2O. The number of nitrogens with one attached hydrogen (secondary N) is 2. The van der Waals surface area contributed by atoms with Crippen LogP contribution in [0.5, 0.6) is 0 Å². The molecule has 0 aliphatic carbocycles. The van der Waals surface area contributed by atoms with Gasteiger partial charge in [0, 0.05) is 5.69 Å². The van der Waals surface area contributed by atoms with E-state index in [0.29, 0.717) is 12.5 Å². The number of anilines is 1. The zero-order valence-corrected chi connectivity index (χ0v) is 12.5. The fourth-order valence-electron chi connectivity index (χ4n) is 1.98. The lowest BCUT2D eigenvalue weighted by atomic mass is 10.1. The third-order valence-electron chi connectivity index (χ3n) is 3.19. The van der Waals surface area contributed by atoms with Crippen molar-refractivity contribution in [3.63, 3.8) is 0 Å². The van der Waals surface area contributed by atoms with Gasteiger partial charge in [0.15, 0.2) is 0 Å². The van der Waals surface area contributed by atoms with Gasteiger partial charge in [-0.3, -0.25) is 4.79 Å². The Morgan fingerprint density at radius 1 is 1.32 bits per heavy atom. The summed E-state index contributed by atoms with van der Waals surface area (Å²) in [4.78, 5) is 11.9. The van der Waals surface area contributed by atoms with Crippen molar-refractivity contribution >= 4 is 11.6 Å². The summed E-state index contributed by atoms with van der Waals surface area (Å²) in [5, 5.41) is 6.20. The predicted molar refractivity (Wildman–Crippen MR) is 81.5 cm³/mol. The van der Waals surface area contributed by atoms with Crippen molar-refractivity contribution in [2.45, 2.75) is 40.5 Å². The van der Waals surface area contributed by atoms with E-state index in [4.69, 9.17) is 0 Å². The summed E-state index contributed by atoms with van der Waals surface area (Å²) in [7, 11) is 0. The highest BCUT2D eigenvalue weighted by atomic mass is 16.1. The van der Waals surface area contributed by atoms with Gasteiger partial charge in [-0.25, -0.2) is 0 Å². The summed E-state index contributed by atoms with van der Waals surface area (Å²) in [6, 6.07) is 6.13. The molecule has 0 saturated carbocycles. The van der Waals surface area contributed by atoms with E-state index in [9.17, 15) is 4.79 Å². The summed E-state index contributed by atoms with van der Waals surface area (Å²) < 4.78 is 0. The van der Waals surface area contributed by atoms with Gasteiger partial charge in [-0.15, -0.1) is 0 Å². The van der Waals surface area contributed by atoms with Crippen LogP contribution in [0.25, 0.3) is 0 Å². The molecule has 106 valence electrons. The molecule has 19 heavy (non-hydrogen) atoms. The summed E-state index contributed by atoms with van der Waals surface area (Å²) in [5.41, 5.74) is 3.28. The first kappa shape index (κ1) is 15.7. The number of rotatable bonds is 7. The minimum Gasteiger partial charge on any atom is -0.324 e. The molecule has 1 aromatic carbocycles. The standard InChI is InChI=1S/C16H26N2O/c1-5-14-8-6-7-13(4)16(14)18-15(19)11-17-10-9-12(2)3/h6-8,12,17H,5,9-11H2,1-4H3,(H,18,19). The van der Waals surface area contributed by atoms with Gasteiger partial charge >= 0.3 is 0 Å². The Morgan fingerprint density at radius 2 is 2.05 bits per heavy atom. The quantitative estimate of drug-likeness (QED) is 0.741. The van der Waals surface area contributed by atoms with Crippen molar-refractivity contribution in [1.82, 2.24) is 5.32 Å². The highest BCUT2D eigenvalue weighted by Crippen LogP contribution is 2.20. The molecule has 0 aliphatic heterocycles. The number of para-hydroxylation sites is 1. The Labute approximate surface area is 116 Å². The maximum atomic E-state index is 11.9. The van der Waals surface area contributed by atoms with Crippen LogP contribution in [0.1, 0.15) is 38.3 Å². The Balaban J connectivity index is 2.48. The molecule has 1 aromatic rings. The molecular weight excluding hydrogens is 236 g/mol. The van der Waals surface area contributed by atoms with Crippen LogP contribution >= 0.6 is 0 Å². The first-order valence-electron chi connectivity index (χ1n) is 7.13. The van der Waals surface area contributed by atoms with Crippen molar-refractivity contribution in [2.75, 3.05) is 18.4 Å². The van der Waals surface area contributed by atoms with Crippen molar-refractivity contribution in [2.24, 2.45) is 5.92 Å². The number of hydrogen-bond donors (Lipinski definition) is 2. The van der Waals surface area contributed by atoms with E-state index in [0.717, 1.165) is 30.6 Å². The number of aryl methyl sites for hydroxylation is 2. The lowest BCUT2D eigenvalue weighted by molar-refractivity contribution is -0.115. The number of benzene rings is 1. The topological polar surface area (TPSA) is 41.1 Å². The van der Waals surface area contributed by atoms with Gasteiger partial charge in [-0.2, -0.15) is 0 Å². The SMILES string of the molecule is CCc1cccc(C)c1NC(=O)CNCCC(C)C. The maximum absolute atomic E-state index is 11.9. The van der Waals surface area contributed by atoms with Gasteiger partial charge in [-0.05, 0) is 43.4 Å². The Bertz CT molecular complexity index is 413. The first-order chi connectivity index (χ1) is 9.04. The van der Waals surface area contributed by atoms with E-state index in [-0.39, 0.29) is 5.91 Å². The zero-order valence-electron chi connectivity index (χ0n) is 12.5. The minimum atomic E-state index is 0.0350. The Kier molecular flexibility index (Phi) is 6.57. The molecule has 0 saturated heterocycles. The van der Waals surface area contributed by atoms with Crippen LogP contribution in [-0.2, 0) is 11.2 Å². The van der Waals surface area contributed by atoms with E-state index >= 15 is 0 Å². The fraction of sp³-hybridized carbons (Fsp3) is 0.562. The van der Waals surface area contributed by atoms with E-state index < -0.39 is 0 Å². The average molecular weight is 262 g/mol. The van der Waals surface area contributed by atoms with Crippen molar-refractivity contribution in [3.05, 3.63) is 29.3 Å². The lowest BCUT2D eigenvalue weighted by Gasteiger charge is -2.13. The van der Waals surface area contributed by atoms with E-state index in [2.05, 4.69) is 37.5 Å². The third kappa shape index (κ3) is 5.43. The van der Waals surface area contributed by atoms with Crippen molar-refractivity contribution < 1.29 is 4.79 Å². The van der Waals surface area contributed by atoms with Gasteiger partial charge in [-0.1, -0.05) is 39.0 Å². The lowest BCUT2D eigenvalue weighted by Crippen LogP contribution is -2.29. The van der Waals surface area contributed by atoms with Crippen LogP contribution in [0.3, 0.4) is 0 Å². The molecule has 0 spiro atoms. The van der Waals surface area contributed by atoms with Crippen molar-refractivity contribution in [1.29, 1.82) is 0 Å². The number of hydrogen-bond acceptors (Lipinski definition) is 2. The highest BCUT2D eigenvalue weighted by Gasteiger charge is 2.08. The monoisotopic (exact) mass is 262 g/mol. The molecule has 1 rings (SSSR count). The highest BCUT2D eigenvalue weighted by molar-refractivity contribution is 5.93. The third-order valence-corrected chi connectivity index (χ3v) is 3.19. The maximum Gasteiger partial charge on any atom is 0.238 e. The minimum absolute atomic E-state index is 0.0350. The molecule has 0 aliphatic rings. The second-order valence-corrected chi connectivity index (χ2v) is 5.37. The van der Waals surface area contributed by atoms with Gasteiger partial charge in [0.05, 0.1) is 6.54 Å². The van der Waals surface area contributed by atoms with Crippen LogP contribution < -0.4 is 10.6 Å². The Morgan fingerprint density at radius 3 is 2.68 bits per heavy atom. The van der Waals surface area contributed by atoms with Gasteiger partial charge in [0.25, 0.3) is 0 Å². The molecule has 3 nitrogen and oxygen atoms in total. The normalized spacial score (nSPS) is 10.8. The van der Waals surface area contributed by atoms with Crippen LogP contribution in [-0.4, -0.2) is 19.0 Å². The van der Waals surface area contributed by atoms with Crippen molar-refractivity contribution in [3.8, 4) is 0 Å². The van der Waals surface area contributed by atoms with Crippen LogP contribution in [0.2, 0.25) is 0 Å². The molecule has 3 heteroatoms. The van der Waals surface area contributed by atoms with E-state index in [1.165, 1.54) is 5.56 Å². The molecule has 2 N–H and O–H groups in total. The molecule has 1 amide bonds. The molecule has 0 unspecified atom stereocenters. The predicted octanol–water partition coefficient (Wildman–Crippen LogP) is 3.13. The molecule has 0 atom stereocenters. The molecule has 0 heterocycles. The van der Waals surface area contributed by atoms with Gasteiger partial charge in [0.2, 0.25) is 5.91 Å². The van der Waals surface area contributed by atoms with Crippen LogP contribution in [0.4, 0.5) is 5.69 Å². The van der Waals surface area contributed by atoms with E-state index in [1.54, 1.807) is 0 Å². The average Bonchev–Trinajstić information content (AvgIpc) is 2.37. The number of carbonyl (C=O) groups excluding carboxylic acids is 1. The Hall–Kier alpha value is -1.35. The van der Waals surface area contributed by atoms with E-state index in [1.807, 2.05) is 19.1 Å². The number of carbonyl (C=O) groups is 1. The molecule has 0 aromatic heterocycles. The van der Waals surface area contributed by atoms with Gasteiger partial charge < -0.3 is 10.6 Å². The first-order valence-corrected chi connectivity index (χ1v) is 7.13. The summed E-state index contributed by atoms with van der Waals surface area (Å²) >= 11 is 0. The summed E-state index contributed by atoms with van der Waals surface area (Å²) in [6.45, 7) is 9.77. The molecule has 0 bridgehead atoms. The molecule has 0 fully saturated rings. The summed E-state index contributed by atoms with van der Waals surface area (Å²) in [6.07, 6.45) is 2.02. The van der Waals surface area contributed by atoms with Gasteiger partial charge in [0.1, 0.15) is 0 Å². The van der Waals surface area contributed by atoms with Crippen LogP contribution in [0, 0.1) is 12.8 Å². The number of amides is 1. The smallest absolute Gasteiger partial charge is 0.238 e.